The zero-order valence-corrected chi connectivity index (χ0v) is 28.0. The van der Waals surface area contributed by atoms with E-state index in [1.54, 1.807) is 0 Å². The molecule has 2 aromatic rings. The Kier molecular flexibility index (Phi) is 16.5. The minimum Gasteiger partial charge on any atom is -0.370 e. The van der Waals surface area contributed by atoms with Gasteiger partial charge in [-0.25, -0.2) is 0 Å². The summed E-state index contributed by atoms with van der Waals surface area (Å²) in [6.07, 6.45) is 3.16. The van der Waals surface area contributed by atoms with Crippen molar-refractivity contribution < 1.29 is 19.2 Å². The molecular formula is C35H53N9O4. The smallest absolute Gasteiger partial charge is 0.243 e. The normalized spacial score (nSPS) is 15.7. The zero-order chi connectivity index (χ0) is 34.7. The fraction of sp³-hybridized carbons (Fsp3) is 0.514. The average Bonchev–Trinajstić information content (AvgIpc) is 3.08. The number of carbonyl (C=O) groups excluding carboxylic acids is 4. The molecule has 13 heteroatoms. The van der Waals surface area contributed by atoms with Crippen molar-refractivity contribution in [2.45, 2.75) is 76.0 Å². The van der Waals surface area contributed by atoms with E-state index in [4.69, 9.17) is 17.2 Å². The Bertz CT molecular complexity index is 1320. The lowest BCUT2D eigenvalue weighted by Gasteiger charge is -2.29. The molecule has 262 valence electrons. The zero-order valence-electron chi connectivity index (χ0n) is 28.0. The maximum Gasteiger partial charge on any atom is 0.243 e. The van der Waals surface area contributed by atoms with Crippen LogP contribution >= 0.6 is 0 Å². The molecule has 1 aliphatic rings. The third kappa shape index (κ3) is 13.8. The van der Waals surface area contributed by atoms with Gasteiger partial charge in [-0.3, -0.25) is 29.1 Å². The van der Waals surface area contributed by atoms with Crippen LogP contribution in [0.4, 0.5) is 0 Å². The van der Waals surface area contributed by atoms with Gasteiger partial charge in [0.25, 0.3) is 0 Å². The van der Waals surface area contributed by atoms with Crippen LogP contribution < -0.4 is 38.5 Å². The third-order valence-electron chi connectivity index (χ3n) is 8.27. The molecule has 0 bridgehead atoms. The fourth-order valence-corrected chi connectivity index (χ4v) is 5.54. The van der Waals surface area contributed by atoms with Crippen LogP contribution in [-0.4, -0.2) is 97.8 Å². The average molecular weight is 664 g/mol. The topological polar surface area (TPSA) is 210 Å². The molecule has 0 spiro atoms. The van der Waals surface area contributed by atoms with Crippen LogP contribution in [0.15, 0.2) is 65.7 Å². The van der Waals surface area contributed by atoms with E-state index in [1.807, 2.05) is 67.6 Å². The van der Waals surface area contributed by atoms with E-state index in [9.17, 15) is 19.2 Å². The van der Waals surface area contributed by atoms with E-state index in [0.717, 1.165) is 43.7 Å². The van der Waals surface area contributed by atoms with E-state index in [-0.39, 0.29) is 24.7 Å². The van der Waals surface area contributed by atoms with Crippen molar-refractivity contribution >= 4 is 29.5 Å². The standard InChI is InChI=1S/C35H53N9O4/c1-2-3-15-29(33(47)41-28(16-10-17-40-35(37)38)31(45)24-44-20-18-39-19-21-44)42-34(48)30(23-26-13-8-5-9-14-26)43-32(46)27(36)22-25-11-6-4-7-12-25/h4-9,11-14,27-30,39H,2-3,10,15-24,36H2,1H3,(H,41,47)(H,42,48)(H,43,46)(H4,37,38,40)/t27-,28-,29-,30-/m1/s1. The number of aliphatic imine (C=N–C) groups is 1. The number of rotatable bonds is 20. The predicted octanol–water partition coefficient (Wildman–Crippen LogP) is -0.0284. The quantitative estimate of drug-likeness (QED) is 0.0576. The minimum atomic E-state index is -0.983. The number of Topliss-reactive ketones (excluding diaryl/α,β-unsaturated/α-hetero) is 1. The number of amides is 3. The van der Waals surface area contributed by atoms with Gasteiger partial charge < -0.3 is 38.5 Å². The highest BCUT2D eigenvalue weighted by Crippen LogP contribution is 2.10. The Labute approximate surface area is 283 Å². The van der Waals surface area contributed by atoms with E-state index in [0.29, 0.717) is 38.6 Å². The molecule has 1 aliphatic heterocycles. The molecule has 1 fully saturated rings. The number of ketones is 1. The van der Waals surface area contributed by atoms with Crippen molar-refractivity contribution in [3.05, 3.63) is 71.8 Å². The molecule has 0 aromatic heterocycles. The summed E-state index contributed by atoms with van der Waals surface area (Å²) in [5, 5.41) is 11.9. The van der Waals surface area contributed by atoms with Gasteiger partial charge in [0.2, 0.25) is 17.7 Å². The van der Waals surface area contributed by atoms with Crippen LogP contribution in [0.1, 0.15) is 50.2 Å². The maximum absolute atomic E-state index is 13.8. The van der Waals surface area contributed by atoms with Crippen LogP contribution in [0.25, 0.3) is 0 Å². The first kappa shape index (κ1) is 38.1. The third-order valence-corrected chi connectivity index (χ3v) is 8.27. The number of nitrogens with two attached hydrogens (primary N) is 3. The second-order valence-corrected chi connectivity index (χ2v) is 12.3. The number of nitrogens with zero attached hydrogens (tertiary/aromatic N) is 2. The first-order valence-corrected chi connectivity index (χ1v) is 16.9. The number of guanidine groups is 1. The molecule has 10 N–H and O–H groups in total. The highest BCUT2D eigenvalue weighted by Gasteiger charge is 2.31. The van der Waals surface area contributed by atoms with Crippen molar-refractivity contribution in [2.24, 2.45) is 22.2 Å². The summed E-state index contributed by atoms with van der Waals surface area (Å²) in [6.45, 7) is 5.56. The number of piperazine rings is 1. The Morgan fingerprint density at radius 1 is 0.771 bits per heavy atom. The van der Waals surface area contributed by atoms with Crippen molar-refractivity contribution in [1.82, 2.24) is 26.2 Å². The van der Waals surface area contributed by atoms with Gasteiger partial charge in [0.05, 0.1) is 18.6 Å². The van der Waals surface area contributed by atoms with Gasteiger partial charge in [-0.2, -0.15) is 0 Å². The molecule has 0 aliphatic carbocycles. The first-order valence-electron chi connectivity index (χ1n) is 16.9. The molecule has 0 saturated carbocycles. The van der Waals surface area contributed by atoms with Gasteiger partial charge in [0.1, 0.15) is 12.1 Å². The fourth-order valence-electron chi connectivity index (χ4n) is 5.54. The summed E-state index contributed by atoms with van der Waals surface area (Å²) in [6, 6.07) is 15.2. The summed E-state index contributed by atoms with van der Waals surface area (Å²) < 4.78 is 0. The number of nitrogens with one attached hydrogen (secondary N) is 4. The monoisotopic (exact) mass is 663 g/mol. The van der Waals surface area contributed by atoms with Gasteiger partial charge in [0, 0.05) is 39.1 Å². The Morgan fingerprint density at radius 3 is 1.92 bits per heavy atom. The lowest BCUT2D eigenvalue weighted by molar-refractivity contribution is -0.134. The summed E-state index contributed by atoms with van der Waals surface area (Å²) in [5.41, 5.74) is 18.9. The van der Waals surface area contributed by atoms with Crippen LogP contribution in [0.2, 0.25) is 0 Å². The van der Waals surface area contributed by atoms with Gasteiger partial charge in [-0.1, -0.05) is 80.4 Å². The number of benzene rings is 2. The largest absolute Gasteiger partial charge is 0.370 e. The molecule has 1 heterocycles. The molecular weight excluding hydrogens is 610 g/mol. The van der Waals surface area contributed by atoms with Crippen molar-refractivity contribution in [3.8, 4) is 0 Å². The number of hydrogen-bond donors (Lipinski definition) is 7. The lowest BCUT2D eigenvalue weighted by atomic mass is 10.0. The number of hydrogen-bond acceptors (Lipinski definition) is 8. The molecule has 3 amide bonds. The number of unbranched alkanes of at least 4 members (excludes halogenated alkanes) is 1. The van der Waals surface area contributed by atoms with Crippen molar-refractivity contribution in [1.29, 1.82) is 0 Å². The molecule has 4 atom stereocenters. The van der Waals surface area contributed by atoms with E-state index < -0.39 is 41.9 Å². The number of carbonyl (C=O) groups is 4. The van der Waals surface area contributed by atoms with E-state index >= 15 is 0 Å². The Balaban J connectivity index is 1.74. The van der Waals surface area contributed by atoms with Gasteiger partial charge in [-0.05, 0) is 36.8 Å². The van der Waals surface area contributed by atoms with Crippen LogP contribution in [0.3, 0.4) is 0 Å². The van der Waals surface area contributed by atoms with Gasteiger partial charge in [-0.15, -0.1) is 0 Å². The molecule has 0 unspecified atom stereocenters. The van der Waals surface area contributed by atoms with Crippen LogP contribution in [-0.2, 0) is 32.0 Å². The molecule has 2 aromatic carbocycles. The summed E-state index contributed by atoms with van der Waals surface area (Å²) in [4.78, 5) is 60.4. The lowest BCUT2D eigenvalue weighted by Crippen LogP contribution is -2.58. The van der Waals surface area contributed by atoms with Crippen LogP contribution in [0.5, 0.6) is 0 Å². The summed E-state index contributed by atoms with van der Waals surface area (Å²) in [7, 11) is 0. The van der Waals surface area contributed by atoms with Gasteiger partial charge >= 0.3 is 0 Å². The van der Waals surface area contributed by atoms with Gasteiger partial charge in [0.15, 0.2) is 11.7 Å². The Hall–Kier alpha value is -4.33. The summed E-state index contributed by atoms with van der Waals surface area (Å²) >= 11 is 0. The maximum atomic E-state index is 13.8. The Morgan fingerprint density at radius 2 is 1.31 bits per heavy atom. The highest BCUT2D eigenvalue weighted by molar-refractivity contribution is 5.95. The molecule has 0 radical (unpaired) electrons. The molecule has 48 heavy (non-hydrogen) atoms. The second-order valence-electron chi connectivity index (χ2n) is 12.3. The molecule has 3 rings (SSSR count). The SMILES string of the molecule is CCCC[C@@H](NC(=O)[C@@H](Cc1ccccc1)NC(=O)[C@H](N)Cc1ccccc1)C(=O)N[C@H](CCCN=C(N)N)C(=O)CN1CCNCC1. The predicted molar refractivity (Wildman–Crippen MR) is 188 cm³/mol. The van der Waals surface area contributed by atoms with Crippen molar-refractivity contribution in [3.63, 3.8) is 0 Å². The highest BCUT2D eigenvalue weighted by atomic mass is 16.2. The second kappa shape index (κ2) is 20.8. The first-order chi connectivity index (χ1) is 23.2. The van der Waals surface area contributed by atoms with E-state index in [2.05, 4.69) is 31.2 Å². The molecule has 1 saturated heterocycles. The summed E-state index contributed by atoms with van der Waals surface area (Å²) in [5.74, 6) is -1.58. The molecule has 13 nitrogen and oxygen atoms in total. The van der Waals surface area contributed by atoms with E-state index in [1.165, 1.54) is 0 Å². The van der Waals surface area contributed by atoms with Crippen molar-refractivity contribution in [2.75, 3.05) is 39.3 Å². The van der Waals surface area contributed by atoms with Crippen LogP contribution in [0, 0.1) is 0 Å². The minimum absolute atomic E-state index is 0.0387.